The van der Waals surface area contributed by atoms with E-state index in [1.54, 1.807) is 24.3 Å². The minimum absolute atomic E-state index is 0.0149. The van der Waals surface area contributed by atoms with Gasteiger partial charge >= 0.3 is 6.18 Å². The molecule has 3 heterocycles. The van der Waals surface area contributed by atoms with Crippen LogP contribution in [0.2, 0.25) is 5.15 Å². The third-order valence-electron chi connectivity index (χ3n) is 5.06. The Morgan fingerprint density at radius 1 is 1.24 bits per heavy atom. The number of halogens is 4. The first-order chi connectivity index (χ1) is 17.6. The SMILES string of the molecule is C=NN(/C(=C(\C)C(=O)Nc1cnc(-n2nccn2)c(C#N)c1)C(F)(F)F)c1cc(Cl)nc2ccccc12. The Balaban J connectivity index is 1.76. The van der Waals surface area contributed by atoms with Gasteiger partial charge in [-0.05, 0) is 19.1 Å². The van der Waals surface area contributed by atoms with E-state index in [1.165, 1.54) is 24.5 Å². The van der Waals surface area contributed by atoms with Gasteiger partial charge in [-0.15, -0.1) is 4.80 Å². The molecule has 4 rings (SSSR count). The molecule has 3 aromatic heterocycles. The third-order valence-corrected chi connectivity index (χ3v) is 5.26. The molecule has 0 aliphatic rings. The highest BCUT2D eigenvalue weighted by Crippen LogP contribution is 2.38. The monoisotopic (exact) mass is 525 g/mol. The number of benzene rings is 1. The highest BCUT2D eigenvalue weighted by atomic mass is 35.5. The lowest BCUT2D eigenvalue weighted by atomic mass is 10.1. The first-order valence-corrected chi connectivity index (χ1v) is 10.7. The molecule has 1 amide bonds. The second-order valence-corrected chi connectivity index (χ2v) is 7.77. The summed E-state index contributed by atoms with van der Waals surface area (Å²) in [5.41, 5.74) is -1.90. The number of para-hydroxylation sites is 1. The summed E-state index contributed by atoms with van der Waals surface area (Å²) >= 11 is 6.05. The van der Waals surface area contributed by atoms with Crippen molar-refractivity contribution >= 4 is 46.5 Å². The molecule has 0 saturated carbocycles. The molecule has 10 nitrogen and oxygen atoms in total. The number of allylic oxidation sites excluding steroid dienone is 1. The van der Waals surface area contributed by atoms with E-state index >= 15 is 0 Å². The first kappa shape index (κ1) is 25.3. The minimum Gasteiger partial charge on any atom is -0.321 e. The summed E-state index contributed by atoms with van der Waals surface area (Å²) in [6, 6.07) is 10.7. The van der Waals surface area contributed by atoms with Crippen molar-refractivity contribution in [3.05, 3.63) is 77.0 Å². The maximum Gasteiger partial charge on any atom is 0.433 e. The highest BCUT2D eigenvalue weighted by Gasteiger charge is 2.42. The molecule has 37 heavy (non-hydrogen) atoms. The molecule has 1 N–H and O–H groups in total. The Kier molecular flexibility index (Phi) is 6.85. The number of aromatic nitrogens is 5. The lowest BCUT2D eigenvalue weighted by Gasteiger charge is -2.26. The molecule has 186 valence electrons. The number of rotatable bonds is 6. The van der Waals surface area contributed by atoms with Gasteiger partial charge in [0.1, 0.15) is 16.8 Å². The van der Waals surface area contributed by atoms with E-state index in [1.807, 2.05) is 6.07 Å². The number of nitrogens with zero attached hydrogens (tertiary/aromatic N) is 8. The van der Waals surface area contributed by atoms with Gasteiger partial charge in [-0.1, -0.05) is 29.8 Å². The molecule has 0 bridgehead atoms. The number of carbonyl (C=O) groups excluding carboxylic acids is 1. The van der Waals surface area contributed by atoms with E-state index in [0.29, 0.717) is 15.9 Å². The van der Waals surface area contributed by atoms with Crippen molar-refractivity contribution in [2.24, 2.45) is 5.10 Å². The van der Waals surface area contributed by atoms with E-state index < -0.39 is 23.4 Å². The quantitative estimate of drug-likeness (QED) is 0.168. The second kappa shape index (κ2) is 10.0. The summed E-state index contributed by atoms with van der Waals surface area (Å²) in [5, 5.41) is 23.8. The van der Waals surface area contributed by atoms with Crippen molar-refractivity contribution < 1.29 is 18.0 Å². The Bertz CT molecular complexity index is 1580. The van der Waals surface area contributed by atoms with Crippen molar-refractivity contribution in [1.29, 1.82) is 5.26 Å². The van der Waals surface area contributed by atoms with Crippen LogP contribution in [0.1, 0.15) is 12.5 Å². The van der Waals surface area contributed by atoms with Gasteiger partial charge in [0.2, 0.25) is 0 Å². The first-order valence-electron chi connectivity index (χ1n) is 10.3. The molecule has 0 aliphatic carbocycles. The van der Waals surface area contributed by atoms with Crippen LogP contribution in [0.5, 0.6) is 0 Å². The fraction of sp³-hybridized carbons (Fsp3) is 0.0870. The average Bonchev–Trinajstić information content (AvgIpc) is 3.40. The zero-order valence-corrected chi connectivity index (χ0v) is 19.7. The van der Waals surface area contributed by atoms with Crippen LogP contribution in [-0.4, -0.2) is 43.8 Å². The Morgan fingerprint density at radius 3 is 2.59 bits per heavy atom. The molecule has 4 aromatic rings. The van der Waals surface area contributed by atoms with Crippen molar-refractivity contribution in [2.75, 3.05) is 10.3 Å². The number of carbonyl (C=O) groups is 1. The lowest BCUT2D eigenvalue weighted by molar-refractivity contribution is -0.115. The molecule has 0 fully saturated rings. The van der Waals surface area contributed by atoms with Crippen LogP contribution in [0.25, 0.3) is 16.7 Å². The van der Waals surface area contributed by atoms with Gasteiger partial charge in [-0.25, -0.2) is 15.0 Å². The fourth-order valence-corrected chi connectivity index (χ4v) is 3.68. The smallest absolute Gasteiger partial charge is 0.321 e. The summed E-state index contributed by atoms with van der Waals surface area (Å²) in [6.07, 6.45) is -1.10. The largest absolute Gasteiger partial charge is 0.433 e. The van der Waals surface area contributed by atoms with Crippen molar-refractivity contribution in [3.63, 3.8) is 0 Å². The predicted molar refractivity (Wildman–Crippen MR) is 130 cm³/mol. The Morgan fingerprint density at radius 2 is 1.95 bits per heavy atom. The molecule has 14 heteroatoms. The molecule has 0 aliphatic heterocycles. The number of amides is 1. The normalized spacial score (nSPS) is 12.0. The molecule has 1 aromatic carbocycles. The standard InChI is InChI=1S/C23H15ClF3N9O/c1-13(22(37)33-15-9-14(11-28)21(30-12-15)36-31-7-8-32-36)20(23(25,26)27)35(29-2)18-10-19(24)34-17-6-4-3-5-16(17)18/h3-10,12H,2H2,1H3,(H,33,37)/b20-13+. The lowest BCUT2D eigenvalue weighted by Crippen LogP contribution is -2.32. The maximum atomic E-state index is 14.3. The number of pyridine rings is 2. The summed E-state index contributed by atoms with van der Waals surface area (Å²) in [7, 11) is 0. The Labute approximate surface area is 212 Å². The van der Waals surface area contributed by atoms with Crippen LogP contribution in [0.15, 0.2) is 71.4 Å². The van der Waals surface area contributed by atoms with Crippen LogP contribution in [0.3, 0.4) is 0 Å². The number of hydrogen-bond donors (Lipinski definition) is 1. The van der Waals surface area contributed by atoms with Crippen LogP contribution in [0, 0.1) is 11.3 Å². The van der Waals surface area contributed by atoms with E-state index in [0.717, 1.165) is 17.9 Å². The van der Waals surface area contributed by atoms with E-state index in [9.17, 15) is 23.2 Å². The summed E-state index contributed by atoms with van der Waals surface area (Å²) in [4.78, 5) is 22.2. The highest BCUT2D eigenvalue weighted by molar-refractivity contribution is 6.30. The zero-order chi connectivity index (χ0) is 26.7. The van der Waals surface area contributed by atoms with Crippen LogP contribution < -0.4 is 10.3 Å². The van der Waals surface area contributed by atoms with E-state index in [-0.39, 0.29) is 27.9 Å². The summed E-state index contributed by atoms with van der Waals surface area (Å²) < 4.78 is 43.0. The number of anilines is 2. The Hall–Kier alpha value is -4.83. The average molecular weight is 526 g/mol. The van der Waals surface area contributed by atoms with Crippen molar-refractivity contribution in [3.8, 4) is 11.9 Å². The predicted octanol–water partition coefficient (Wildman–Crippen LogP) is 4.63. The number of hydrazone groups is 1. The number of nitriles is 1. The molecule has 0 unspecified atom stereocenters. The number of fused-ring (bicyclic) bond motifs is 1. The van der Waals surface area contributed by atoms with Gasteiger partial charge in [-0.2, -0.15) is 33.7 Å². The zero-order valence-electron chi connectivity index (χ0n) is 18.9. The molecule has 0 radical (unpaired) electrons. The van der Waals surface area contributed by atoms with Crippen LogP contribution in [-0.2, 0) is 4.79 Å². The van der Waals surface area contributed by atoms with Crippen LogP contribution in [0.4, 0.5) is 24.5 Å². The molecule has 0 atom stereocenters. The summed E-state index contributed by atoms with van der Waals surface area (Å²) in [6.45, 7) is 4.27. The molecule has 0 spiro atoms. The maximum absolute atomic E-state index is 14.3. The van der Waals surface area contributed by atoms with Gasteiger partial charge in [0.15, 0.2) is 11.5 Å². The molecule has 0 saturated heterocycles. The molecular weight excluding hydrogens is 511 g/mol. The third kappa shape index (κ3) is 5.09. The number of nitrogens with one attached hydrogen (secondary N) is 1. The molecular formula is C23H15ClF3N9O. The van der Waals surface area contributed by atoms with Crippen molar-refractivity contribution in [2.45, 2.75) is 13.1 Å². The van der Waals surface area contributed by atoms with Gasteiger partial charge in [-0.3, -0.25) is 4.79 Å². The fourth-order valence-electron chi connectivity index (χ4n) is 3.48. The minimum atomic E-state index is -5.02. The van der Waals surface area contributed by atoms with Crippen molar-refractivity contribution in [1.82, 2.24) is 25.0 Å². The second-order valence-electron chi connectivity index (χ2n) is 7.39. The number of alkyl halides is 3. The number of hydrogen-bond acceptors (Lipinski definition) is 8. The van der Waals surface area contributed by atoms with Gasteiger partial charge in [0.05, 0.1) is 35.5 Å². The van der Waals surface area contributed by atoms with E-state index in [4.69, 9.17) is 11.6 Å². The van der Waals surface area contributed by atoms with Gasteiger partial charge in [0.25, 0.3) is 5.91 Å². The summed E-state index contributed by atoms with van der Waals surface area (Å²) in [5.74, 6) is -1.03. The van der Waals surface area contributed by atoms with Gasteiger partial charge < -0.3 is 5.32 Å². The topological polar surface area (TPSA) is 125 Å². The van der Waals surface area contributed by atoms with E-state index in [2.05, 4.69) is 37.3 Å². The van der Waals surface area contributed by atoms with Crippen LogP contribution >= 0.6 is 11.6 Å². The van der Waals surface area contributed by atoms with Gasteiger partial charge in [0, 0.05) is 23.7 Å².